The zero-order valence-electron chi connectivity index (χ0n) is 19.4. The number of Topliss-reactive ketones (excluding diaryl/α,β-unsaturated/α-hetero) is 1. The van der Waals surface area contributed by atoms with Gasteiger partial charge in [0.05, 0.1) is 0 Å². The number of hydrogen-bond acceptors (Lipinski definition) is 4. The third-order valence-corrected chi connectivity index (χ3v) is 9.73. The topological polar surface area (TPSA) is 63.6 Å². The molecule has 0 heterocycles. The molecule has 3 saturated carbocycles. The molecule has 3 fully saturated rings. The molecule has 4 heteroatoms. The summed E-state index contributed by atoms with van der Waals surface area (Å²) < 4.78 is 5.43. The van der Waals surface area contributed by atoms with Crippen LogP contribution in [0.15, 0.2) is 0 Å². The van der Waals surface area contributed by atoms with Gasteiger partial charge in [-0.05, 0) is 73.5 Å². The van der Waals surface area contributed by atoms with Crippen LogP contribution in [0.4, 0.5) is 0 Å². The predicted octanol–water partition coefficient (Wildman–Crippen LogP) is 5.16. The maximum Gasteiger partial charge on any atom is 0.293 e. The summed E-state index contributed by atoms with van der Waals surface area (Å²) in [6, 6.07) is 0. The van der Waals surface area contributed by atoms with Crippen LogP contribution in [0, 0.1) is 40.4 Å². The molecule has 3 aliphatic rings. The van der Waals surface area contributed by atoms with Crippen LogP contribution in [0.5, 0.6) is 0 Å². The first kappa shape index (κ1) is 22.8. The molecule has 0 aromatic rings. The van der Waals surface area contributed by atoms with Crippen molar-refractivity contribution in [2.24, 2.45) is 40.4 Å². The summed E-state index contributed by atoms with van der Waals surface area (Å²) in [4.78, 5) is 24.6. The van der Waals surface area contributed by atoms with Crippen molar-refractivity contribution in [2.75, 3.05) is 0 Å². The van der Waals surface area contributed by atoms with Crippen LogP contribution < -0.4 is 0 Å². The molecule has 8 atom stereocenters. The molecule has 0 aromatic carbocycles. The van der Waals surface area contributed by atoms with Gasteiger partial charge < -0.3 is 9.84 Å². The first-order chi connectivity index (χ1) is 13.5. The number of rotatable bonds is 5. The van der Waals surface area contributed by atoms with Gasteiger partial charge in [0.25, 0.3) is 6.47 Å². The zero-order valence-corrected chi connectivity index (χ0v) is 19.4. The van der Waals surface area contributed by atoms with E-state index in [1.165, 1.54) is 12.8 Å². The first-order valence-electron chi connectivity index (χ1n) is 11.9. The van der Waals surface area contributed by atoms with Crippen molar-refractivity contribution < 1.29 is 19.4 Å². The molecule has 4 nitrogen and oxygen atoms in total. The number of aliphatic hydroxyl groups is 1. The Hall–Kier alpha value is -0.900. The quantitative estimate of drug-likeness (QED) is 0.640. The summed E-state index contributed by atoms with van der Waals surface area (Å²) in [5.74, 6) is 2.33. The molecule has 29 heavy (non-hydrogen) atoms. The molecule has 2 bridgehead atoms. The normalized spacial score (nSPS) is 46.7. The lowest BCUT2D eigenvalue weighted by atomic mass is 9.44. The van der Waals surface area contributed by atoms with Crippen LogP contribution >= 0.6 is 0 Å². The summed E-state index contributed by atoms with van der Waals surface area (Å²) in [6.45, 7) is 14.0. The van der Waals surface area contributed by atoms with E-state index in [1.54, 1.807) is 0 Å². The molecule has 0 radical (unpaired) electrons. The van der Waals surface area contributed by atoms with E-state index in [4.69, 9.17) is 4.74 Å². The summed E-state index contributed by atoms with van der Waals surface area (Å²) >= 11 is 0. The Labute approximate surface area is 177 Å². The molecule has 3 rings (SSSR count). The molecular formula is C25H42O4. The van der Waals surface area contributed by atoms with Crippen LogP contribution in [0.1, 0.15) is 92.9 Å². The van der Waals surface area contributed by atoms with Gasteiger partial charge in [0, 0.05) is 11.8 Å². The molecular weight excluding hydrogens is 364 g/mol. The minimum Gasteiger partial charge on any atom is -0.461 e. The van der Waals surface area contributed by atoms with Crippen LogP contribution in [-0.2, 0) is 14.3 Å². The fourth-order valence-corrected chi connectivity index (χ4v) is 7.87. The highest BCUT2D eigenvalue weighted by molar-refractivity contribution is 5.89. The molecule has 0 amide bonds. The van der Waals surface area contributed by atoms with Gasteiger partial charge in [-0.3, -0.25) is 9.59 Å². The average Bonchev–Trinajstić information content (AvgIpc) is 2.64. The smallest absolute Gasteiger partial charge is 0.293 e. The van der Waals surface area contributed by atoms with Gasteiger partial charge >= 0.3 is 0 Å². The van der Waals surface area contributed by atoms with Crippen molar-refractivity contribution in [2.45, 2.75) is 105 Å². The summed E-state index contributed by atoms with van der Waals surface area (Å²) in [6.07, 6.45) is 6.28. The van der Waals surface area contributed by atoms with Crippen LogP contribution in [0.2, 0.25) is 0 Å². The van der Waals surface area contributed by atoms with E-state index in [-0.39, 0.29) is 11.7 Å². The lowest BCUT2D eigenvalue weighted by Crippen LogP contribution is -2.68. The van der Waals surface area contributed by atoms with E-state index in [0.29, 0.717) is 54.8 Å². The van der Waals surface area contributed by atoms with E-state index in [2.05, 4.69) is 34.6 Å². The number of carbonyl (C=O) groups excluding carboxylic acids is 2. The molecule has 3 aliphatic carbocycles. The van der Waals surface area contributed by atoms with Gasteiger partial charge in [0.1, 0.15) is 6.10 Å². The predicted molar refractivity (Wildman–Crippen MR) is 114 cm³/mol. The third-order valence-electron chi connectivity index (χ3n) is 9.73. The number of carbonyl (C=O) groups is 2. The van der Waals surface area contributed by atoms with Crippen molar-refractivity contribution in [3.05, 3.63) is 0 Å². The van der Waals surface area contributed by atoms with Crippen molar-refractivity contribution in [3.63, 3.8) is 0 Å². The number of ether oxygens (including phenoxy) is 1. The number of hydrogen-bond donors (Lipinski definition) is 1. The van der Waals surface area contributed by atoms with Gasteiger partial charge in [0.15, 0.2) is 11.4 Å². The highest BCUT2D eigenvalue weighted by Crippen LogP contribution is 2.63. The Kier molecular flexibility index (Phi) is 6.27. The van der Waals surface area contributed by atoms with E-state index in [1.807, 2.05) is 6.92 Å². The second-order valence-corrected chi connectivity index (χ2v) is 11.4. The van der Waals surface area contributed by atoms with Gasteiger partial charge in [-0.2, -0.15) is 0 Å². The number of ketones is 1. The Morgan fingerprint density at radius 3 is 2.38 bits per heavy atom. The van der Waals surface area contributed by atoms with E-state index in [9.17, 15) is 14.7 Å². The monoisotopic (exact) mass is 406 g/mol. The second kappa shape index (κ2) is 7.98. The SMILES string of the molecule is CCCC(=O)C1(O)C(OC=O)C[C@@H](C)[C@H]2C[C@@H]3CC[C@@H](C)[C@H](CC[C@@]21C)C3(C)C. The van der Waals surface area contributed by atoms with Crippen molar-refractivity contribution in [3.8, 4) is 0 Å². The summed E-state index contributed by atoms with van der Waals surface area (Å²) in [7, 11) is 0. The molecule has 1 N–H and O–H groups in total. The molecule has 0 aromatic heterocycles. The molecule has 0 saturated heterocycles. The third kappa shape index (κ3) is 3.38. The lowest BCUT2D eigenvalue weighted by Gasteiger charge is -2.62. The van der Waals surface area contributed by atoms with Gasteiger partial charge in [-0.25, -0.2) is 0 Å². The van der Waals surface area contributed by atoms with Crippen molar-refractivity contribution in [1.29, 1.82) is 0 Å². The molecule has 166 valence electrons. The minimum absolute atomic E-state index is 0.135. The van der Waals surface area contributed by atoms with Crippen LogP contribution in [0.3, 0.4) is 0 Å². The lowest BCUT2D eigenvalue weighted by molar-refractivity contribution is -0.230. The Balaban J connectivity index is 2.08. The van der Waals surface area contributed by atoms with Crippen LogP contribution in [0.25, 0.3) is 0 Å². The Morgan fingerprint density at radius 2 is 1.76 bits per heavy atom. The maximum atomic E-state index is 13.4. The summed E-state index contributed by atoms with van der Waals surface area (Å²) in [5.41, 5.74) is -1.85. The molecule has 0 spiro atoms. The first-order valence-corrected chi connectivity index (χ1v) is 11.9. The Morgan fingerprint density at radius 1 is 1.07 bits per heavy atom. The fourth-order valence-electron chi connectivity index (χ4n) is 7.87. The highest BCUT2D eigenvalue weighted by atomic mass is 16.5. The average molecular weight is 407 g/mol. The van der Waals surface area contributed by atoms with Crippen LogP contribution in [-0.4, -0.2) is 29.1 Å². The van der Waals surface area contributed by atoms with E-state index in [0.717, 1.165) is 19.3 Å². The van der Waals surface area contributed by atoms with E-state index < -0.39 is 17.1 Å². The second-order valence-electron chi connectivity index (χ2n) is 11.4. The Bertz CT molecular complexity index is 628. The number of fused-ring (bicyclic) bond motifs is 3. The van der Waals surface area contributed by atoms with Crippen molar-refractivity contribution in [1.82, 2.24) is 0 Å². The molecule has 2 unspecified atom stereocenters. The maximum absolute atomic E-state index is 13.4. The fraction of sp³-hybridized carbons (Fsp3) is 0.920. The van der Waals surface area contributed by atoms with Gasteiger partial charge in [-0.1, -0.05) is 48.0 Å². The standard InChI is InChI=1S/C25H42O4/c1-7-8-21(27)25(28)22(29-15-26)13-17(3)20-14-18-10-9-16(2)19(23(18,4)5)11-12-24(20,25)6/h15-20,22,28H,7-14H2,1-6H3/t16-,17-,18+,19+,20-,22?,24+,25?/m1/s1. The van der Waals surface area contributed by atoms with Crippen molar-refractivity contribution >= 4 is 12.3 Å². The largest absolute Gasteiger partial charge is 0.461 e. The van der Waals surface area contributed by atoms with Gasteiger partial charge in [0.2, 0.25) is 0 Å². The van der Waals surface area contributed by atoms with E-state index >= 15 is 0 Å². The molecule has 0 aliphatic heterocycles. The zero-order chi connectivity index (χ0) is 21.6. The van der Waals surface area contributed by atoms with Gasteiger partial charge in [-0.15, -0.1) is 0 Å². The minimum atomic E-state index is -1.58. The summed E-state index contributed by atoms with van der Waals surface area (Å²) in [5, 5.41) is 12.1. The highest BCUT2D eigenvalue weighted by Gasteiger charge is 2.66.